The molecule has 5 heteroatoms. The Morgan fingerprint density at radius 3 is 2.61 bits per heavy atom. The summed E-state index contributed by atoms with van der Waals surface area (Å²) in [4.78, 5) is 13.4. The van der Waals surface area contributed by atoms with Crippen LogP contribution in [0, 0.1) is 0 Å². The lowest BCUT2D eigenvalue weighted by atomic mass is 10.2. The van der Waals surface area contributed by atoms with E-state index in [4.69, 9.17) is 11.6 Å². The minimum Gasteiger partial charge on any atom is -0.392 e. The molecule has 1 aromatic carbocycles. The highest BCUT2D eigenvalue weighted by atomic mass is 35.5. The van der Waals surface area contributed by atoms with E-state index in [-0.39, 0.29) is 12.5 Å². The van der Waals surface area contributed by atoms with Gasteiger partial charge in [-0.1, -0.05) is 23.7 Å². The first-order valence-corrected chi connectivity index (χ1v) is 6.23. The minimum absolute atomic E-state index is 0.0619. The molecule has 0 aliphatic carbocycles. The fourth-order valence-electron chi connectivity index (χ4n) is 1.62. The lowest BCUT2D eigenvalue weighted by Crippen LogP contribution is -2.37. The Balaban J connectivity index is 2.30. The van der Waals surface area contributed by atoms with Gasteiger partial charge in [0.25, 0.3) is 0 Å². The van der Waals surface area contributed by atoms with Gasteiger partial charge in [0.2, 0.25) is 5.91 Å². The van der Waals surface area contributed by atoms with Gasteiger partial charge < -0.3 is 10.4 Å². The van der Waals surface area contributed by atoms with Gasteiger partial charge in [-0.3, -0.25) is 9.69 Å². The van der Waals surface area contributed by atoms with Crippen molar-refractivity contribution in [3.8, 4) is 0 Å². The first-order chi connectivity index (χ1) is 8.47. The third-order valence-corrected chi connectivity index (χ3v) is 2.64. The number of nitrogens with one attached hydrogen (secondary N) is 1. The molecule has 0 aliphatic rings. The van der Waals surface area contributed by atoms with Crippen LogP contribution in [0.3, 0.4) is 0 Å². The average molecular weight is 271 g/mol. The molecule has 100 valence electrons. The average Bonchev–Trinajstić information content (AvgIpc) is 2.27. The number of benzene rings is 1. The van der Waals surface area contributed by atoms with Crippen molar-refractivity contribution in [2.75, 3.05) is 20.1 Å². The van der Waals surface area contributed by atoms with Gasteiger partial charge >= 0.3 is 0 Å². The Hall–Kier alpha value is -1.10. The third kappa shape index (κ3) is 6.00. The van der Waals surface area contributed by atoms with Gasteiger partial charge in [-0.05, 0) is 31.7 Å². The number of aliphatic hydroxyl groups is 1. The SMILES string of the molecule is CC(O)CN(C)CC(=O)NCc1ccc(Cl)cc1. The summed E-state index contributed by atoms with van der Waals surface area (Å²) in [6, 6.07) is 7.34. The van der Waals surface area contributed by atoms with E-state index in [9.17, 15) is 9.90 Å². The highest BCUT2D eigenvalue weighted by molar-refractivity contribution is 6.30. The molecule has 1 aromatic rings. The molecule has 0 heterocycles. The summed E-state index contributed by atoms with van der Waals surface area (Å²) in [5, 5.41) is 12.7. The molecule has 0 fully saturated rings. The number of likely N-dealkylation sites (N-methyl/N-ethyl adjacent to an activating group) is 1. The zero-order valence-corrected chi connectivity index (χ0v) is 11.4. The number of aliphatic hydroxyl groups excluding tert-OH is 1. The van der Waals surface area contributed by atoms with Gasteiger partial charge in [0.05, 0.1) is 12.6 Å². The zero-order valence-electron chi connectivity index (χ0n) is 10.7. The fraction of sp³-hybridized carbons (Fsp3) is 0.462. The van der Waals surface area contributed by atoms with Gasteiger partial charge in [-0.2, -0.15) is 0 Å². The van der Waals surface area contributed by atoms with E-state index in [1.807, 2.05) is 12.1 Å². The predicted octanol–water partition coefficient (Wildman–Crippen LogP) is 1.27. The fourth-order valence-corrected chi connectivity index (χ4v) is 1.75. The number of halogens is 1. The maximum absolute atomic E-state index is 11.6. The molecule has 1 atom stereocenters. The summed E-state index contributed by atoms with van der Waals surface area (Å²) in [7, 11) is 1.80. The maximum atomic E-state index is 11.6. The number of carbonyl (C=O) groups excluding carboxylic acids is 1. The smallest absolute Gasteiger partial charge is 0.234 e. The molecular weight excluding hydrogens is 252 g/mol. The molecule has 1 amide bonds. The van der Waals surface area contributed by atoms with Crippen LogP contribution in [0.5, 0.6) is 0 Å². The molecule has 1 rings (SSSR count). The molecule has 4 nitrogen and oxygen atoms in total. The van der Waals surface area contributed by atoms with Crippen LogP contribution in [0.25, 0.3) is 0 Å². The van der Waals surface area contributed by atoms with Crippen LogP contribution in [0.1, 0.15) is 12.5 Å². The quantitative estimate of drug-likeness (QED) is 0.819. The highest BCUT2D eigenvalue weighted by Crippen LogP contribution is 2.08. The Morgan fingerprint density at radius 1 is 1.44 bits per heavy atom. The van der Waals surface area contributed by atoms with E-state index in [0.29, 0.717) is 18.1 Å². The minimum atomic E-state index is -0.431. The van der Waals surface area contributed by atoms with E-state index >= 15 is 0 Å². The second-order valence-electron chi connectivity index (χ2n) is 4.45. The molecule has 0 aromatic heterocycles. The van der Waals surface area contributed by atoms with Gasteiger partial charge in [0.1, 0.15) is 0 Å². The number of amides is 1. The van der Waals surface area contributed by atoms with E-state index in [1.54, 1.807) is 31.0 Å². The van der Waals surface area contributed by atoms with Crippen molar-refractivity contribution in [2.24, 2.45) is 0 Å². The molecule has 0 radical (unpaired) electrons. The number of hydrogen-bond donors (Lipinski definition) is 2. The standard InChI is InChI=1S/C13H19ClN2O2/c1-10(17)8-16(2)9-13(18)15-7-11-3-5-12(14)6-4-11/h3-6,10,17H,7-9H2,1-2H3,(H,15,18). The van der Waals surface area contributed by atoms with Crippen LogP contribution >= 0.6 is 11.6 Å². The van der Waals surface area contributed by atoms with Gasteiger partial charge in [-0.15, -0.1) is 0 Å². The van der Waals surface area contributed by atoms with Crippen molar-refractivity contribution >= 4 is 17.5 Å². The van der Waals surface area contributed by atoms with Gasteiger partial charge in [0, 0.05) is 18.1 Å². The Morgan fingerprint density at radius 2 is 2.06 bits per heavy atom. The van der Waals surface area contributed by atoms with Crippen molar-refractivity contribution in [2.45, 2.75) is 19.6 Å². The summed E-state index contributed by atoms with van der Waals surface area (Å²) >= 11 is 5.77. The monoisotopic (exact) mass is 270 g/mol. The molecule has 0 spiro atoms. The van der Waals surface area contributed by atoms with E-state index in [2.05, 4.69) is 5.32 Å². The topological polar surface area (TPSA) is 52.6 Å². The van der Waals surface area contributed by atoms with Crippen molar-refractivity contribution in [3.63, 3.8) is 0 Å². The van der Waals surface area contributed by atoms with E-state index < -0.39 is 6.10 Å². The summed E-state index contributed by atoms with van der Waals surface area (Å²) in [6.07, 6.45) is -0.431. The Bertz CT molecular complexity index is 379. The number of nitrogens with zero attached hydrogens (tertiary/aromatic N) is 1. The van der Waals surface area contributed by atoms with E-state index in [1.165, 1.54) is 0 Å². The van der Waals surface area contributed by atoms with Crippen LogP contribution in [0.2, 0.25) is 5.02 Å². The van der Waals surface area contributed by atoms with E-state index in [0.717, 1.165) is 5.56 Å². The molecule has 0 saturated heterocycles. The largest absolute Gasteiger partial charge is 0.392 e. The molecule has 0 saturated carbocycles. The second kappa shape index (κ2) is 7.36. The van der Waals surface area contributed by atoms with Crippen LogP contribution in [0.4, 0.5) is 0 Å². The van der Waals surface area contributed by atoms with Crippen molar-refractivity contribution in [1.82, 2.24) is 10.2 Å². The summed E-state index contributed by atoms with van der Waals surface area (Å²) in [5.74, 6) is -0.0619. The van der Waals surface area contributed by atoms with Crippen molar-refractivity contribution in [3.05, 3.63) is 34.9 Å². The molecule has 0 aliphatic heterocycles. The van der Waals surface area contributed by atoms with Gasteiger partial charge in [0.15, 0.2) is 0 Å². The Labute approximate surface area is 113 Å². The summed E-state index contributed by atoms with van der Waals surface area (Å²) in [5.41, 5.74) is 1.01. The number of hydrogen-bond acceptors (Lipinski definition) is 3. The molecule has 18 heavy (non-hydrogen) atoms. The van der Waals surface area contributed by atoms with Gasteiger partial charge in [-0.25, -0.2) is 0 Å². The molecule has 0 bridgehead atoms. The summed E-state index contributed by atoms with van der Waals surface area (Å²) < 4.78 is 0. The van der Waals surface area contributed by atoms with Crippen molar-refractivity contribution < 1.29 is 9.90 Å². The first-order valence-electron chi connectivity index (χ1n) is 5.85. The van der Waals surface area contributed by atoms with Crippen molar-refractivity contribution in [1.29, 1.82) is 0 Å². The lowest BCUT2D eigenvalue weighted by Gasteiger charge is -2.17. The first kappa shape index (κ1) is 15.0. The zero-order chi connectivity index (χ0) is 13.5. The van der Waals surface area contributed by atoms with Crippen LogP contribution in [-0.2, 0) is 11.3 Å². The molecule has 1 unspecified atom stereocenters. The number of rotatable bonds is 6. The third-order valence-electron chi connectivity index (χ3n) is 2.39. The Kier molecular flexibility index (Phi) is 6.12. The second-order valence-corrected chi connectivity index (χ2v) is 4.89. The highest BCUT2D eigenvalue weighted by Gasteiger charge is 2.08. The maximum Gasteiger partial charge on any atom is 0.234 e. The van der Waals surface area contributed by atoms with Crippen LogP contribution in [0.15, 0.2) is 24.3 Å². The van der Waals surface area contributed by atoms with Crippen LogP contribution < -0.4 is 5.32 Å². The summed E-state index contributed by atoms with van der Waals surface area (Å²) in [6.45, 7) is 2.94. The van der Waals surface area contributed by atoms with Crippen LogP contribution in [-0.4, -0.2) is 42.2 Å². The molecular formula is C13H19ClN2O2. The molecule has 2 N–H and O–H groups in total. The number of carbonyl (C=O) groups is 1. The normalized spacial score (nSPS) is 12.5. The predicted molar refractivity (Wildman–Crippen MR) is 72.5 cm³/mol. The lowest BCUT2D eigenvalue weighted by molar-refractivity contribution is -0.122.